The van der Waals surface area contributed by atoms with Gasteiger partial charge in [-0.1, -0.05) is 96.5 Å². The molecule has 5 rings (SSSR count). The average Bonchev–Trinajstić information content (AvgIpc) is 2.74. The molecule has 0 unspecified atom stereocenters. The number of benzene rings is 5. The van der Waals surface area contributed by atoms with Gasteiger partial charge in [0.15, 0.2) is 0 Å². The summed E-state index contributed by atoms with van der Waals surface area (Å²) in [5.41, 5.74) is 4.89. The quantitative estimate of drug-likeness (QED) is 0.278. The van der Waals surface area contributed by atoms with E-state index in [0.717, 1.165) is 5.02 Å². The van der Waals surface area contributed by atoms with E-state index in [0.29, 0.717) is 0 Å². The zero-order valence-electron chi connectivity index (χ0n) is 14.7. The van der Waals surface area contributed by atoms with E-state index in [1.54, 1.807) is 0 Å². The minimum atomic E-state index is 0.757. The standard InChI is InChI=1S/C26H17Cl/c27-20-15-13-18(14-16-20)21-8-3-4-11-24(21)26-17-19-7-1-2-9-22(19)23-10-5-6-12-25(23)26/h1-17H. The first-order chi connectivity index (χ1) is 13.3. The number of hydrogen-bond donors (Lipinski definition) is 0. The summed E-state index contributed by atoms with van der Waals surface area (Å²) in [6, 6.07) is 36.2. The molecule has 0 radical (unpaired) electrons. The predicted molar refractivity (Wildman–Crippen MR) is 117 cm³/mol. The molecule has 0 aliphatic heterocycles. The van der Waals surface area contributed by atoms with Gasteiger partial charge in [-0.15, -0.1) is 0 Å². The Morgan fingerprint density at radius 2 is 1.04 bits per heavy atom. The summed E-state index contributed by atoms with van der Waals surface area (Å²) in [5.74, 6) is 0. The fraction of sp³-hybridized carbons (Fsp3) is 0. The van der Waals surface area contributed by atoms with Gasteiger partial charge in [-0.2, -0.15) is 0 Å². The highest BCUT2D eigenvalue weighted by Crippen LogP contribution is 2.39. The number of rotatable bonds is 2. The number of hydrogen-bond acceptors (Lipinski definition) is 0. The minimum absolute atomic E-state index is 0.757. The van der Waals surface area contributed by atoms with Gasteiger partial charge in [-0.3, -0.25) is 0 Å². The van der Waals surface area contributed by atoms with E-state index in [-0.39, 0.29) is 0 Å². The van der Waals surface area contributed by atoms with Crippen LogP contribution < -0.4 is 0 Å². The third-order valence-electron chi connectivity index (χ3n) is 5.14. The van der Waals surface area contributed by atoms with Crippen LogP contribution in [0, 0.1) is 0 Å². The second-order valence-corrected chi connectivity index (χ2v) is 7.18. The topological polar surface area (TPSA) is 0 Å². The lowest BCUT2D eigenvalue weighted by molar-refractivity contribution is 1.60. The number of fused-ring (bicyclic) bond motifs is 3. The molecule has 0 spiro atoms. The normalized spacial score (nSPS) is 11.1. The van der Waals surface area contributed by atoms with Gasteiger partial charge in [0.25, 0.3) is 0 Å². The third-order valence-corrected chi connectivity index (χ3v) is 5.39. The Kier molecular flexibility index (Phi) is 3.92. The van der Waals surface area contributed by atoms with Crippen molar-refractivity contribution in [1.29, 1.82) is 0 Å². The summed E-state index contributed by atoms with van der Waals surface area (Å²) >= 11 is 6.10. The zero-order valence-corrected chi connectivity index (χ0v) is 15.4. The van der Waals surface area contributed by atoms with Crippen molar-refractivity contribution < 1.29 is 0 Å². The van der Waals surface area contributed by atoms with Crippen LogP contribution in [0.1, 0.15) is 0 Å². The first kappa shape index (κ1) is 16.1. The van der Waals surface area contributed by atoms with Gasteiger partial charge in [0.1, 0.15) is 0 Å². The van der Waals surface area contributed by atoms with Gasteiger partial charge in [0, 0.05) is 5.02 Å². The molecular formula is C26H17Cl. The van der Waals surface area contributed by atoms with Crippen molar-refractivity contribution in [3.63, 3.8) is 0 Å². The van der Waals surface area contributed by atoms with Crippen molar-refractivity contribution in [2.24, 2.45) is 0 Å². The van der Waals surface area contributed by atoms with Gasteiger partial charge in [0.05, 0.1) is 0 Å². The van der Waals surface area contributed by atoms with Crippen molar-refractivity contribution >= 4 is 33.1 Å². The highest BCUT2D eigenvalue weighted by molar-refractivity contribution is 6.30. The maximum atomic E-state index is 6.10. The summed E-state index contributed by atoms with van der Waals surface area (Å²) in [4.78, 5) is 0. The van der Waals surface area contributed by atoms with Crippen molar-refractivity contribution in [3.05, 3.63) is 108 Å². The summed E-state index contributed by atoms with van der Waals surface area (Å²) in [6.45, 7) is 0. The molecule has 5 aromatic rings. The highest BCUT2D eigenvalue weighted by atomic mass is 35.5. The Morgan fingerprint density at radius 3 is 1.81 bits per heavy atom. The van der Waals surface area contributed by atoms with Crippen LogP contribution in [0.15, 0.2) is 103 Å². The van der Waals surface area contributed by atoms with Crippen LogP contribution in [-0.2, 0) is 0 Å². The van der Waals surface area contributed by atoms with Crippen molar-refractivity contribution in [1.82, 2.24) is 0 Å². The monoisotopic (exact) mass is 364 g/mol. The highest BCUT2D eigenvalue weighted by Gasteiger charge is 2.12. The van der Waals surface area contributed by atoms with Crippen LogP contribution in [-0.4, -0.2) is 0 Å². The molecule has 0 aliphatic carbocycles. The molecule has 5 aromatic carbocycles. The van der Waals surface area contributed by atoms with Crippen molar-refractivity contribution in [2.45, 2.75) is 0 Å². The molecule has 128 valence electrons. The summed E-state index contributed by atoms with van der Waals surface area (Å²) in [5, 5.41) is 5.87. The van der Waals surface area contributed by atoms with Crippen LogP contribution in [0.5, 0.6) is 0 Å². The smallest absolute Gasteiger partial charge is 0.0406 e. The molecule has 0 N–H and O–H groups in total. The fourth-order valence-electron chi connectivity index (χ4n) is 3.88. The molecule has 0 amide bonds. The molecule has 0 aliphatic rings. The second kappa shape index (κ2) is 6.57. The third kappa shape index (κ3) is 2.79. The summed E-state index contributed by atoms with van der Waals surface area (Å²) < 4.78 is 0. The molecule has 0 heterocycles. The summed E-state index contributed by atoms with van der Waals surface area (Å²) in [6.07, 6.45) is 0. The Hall–Kier alpha value is -3.09. The molecule has 1 heteroatoms. The Balaban J connectivity index is 1.85. The molecule has 0 saturated carbocycles. The first-order valence-electron chi connectivity index (χ1n) is 9.07. The van der Waals surface area contributed by atoms with E-state index >= 15 is 0 Å². The first-order valence-corrected chi connectivity index (χ1v) is 9.45. The van der Waals surface area contributed by atoms with Crippen LogP contribution in [0.25, 0.3) is 43.8 Å². The second-order valence-electron chi connectivity index (χ2n) is 6.74. The molecule has 0 atom stereocenters. The van der Waals surface area contributed by atoms with Crippen LogP contribution in [0.4, 0.5) is 0 Å². The lowest BCUT2D eigenvalue weighted by atomic mass is 9.89. The Morgan fingerprint density at radius 1 is 0.444 bits per heavy atom. The molecule has 0 fully saturated rings. The maximum absolute atomic E-state index is 6.10. The maximum Gasteiger partial charge on any atom is 0.0406 e. The van der Waals surface area contributed by atoms with E-state index in [9.17, 15) is 0 Å². The minimum Gasteiger partial charge on any atom is -0.0843 e. The zero-order chi connectivity index (χ0) is 18.2. The molecule has 0 saturated heterocycles. The van der Waals surface area contributed by atoms with Crippen molar-refractivity contribution in [3.8, 4) is 22.3 Å². The Bertz CT molecular complexity index is 1270. The molecule has 0 bridgehead atoms. The van der Waals surface area contributed by atoms with Gasteiger partial charge < -0.3 is 0 Å². The average molecular weight is 365 g/mol. The Labute approximate surface area is 163 Å². The fourth-order valence-corrected chi connectivity index (χ4v) is 4.00. The summed E-state index contributed by atoms with van der Waals surface area (Å²) in [7, 11) is 0. The van der Waals surface area contributed by atoms with E-state index in [2.05, 4.69) is 91.0 Å². The van der Waals surface area contributed by atoms with Crippen LogP contribution >= 0.6 is 11.6 Å². The van der Waals surface area contributed by atoms with E-state index in [4.69, 9.17) is 11.6 Å². The predicted octanol–water partition coefficient (Wildman–Crippen LogP) is 7.98. The lowest BCUT2D eigenvalue weighted by Gasteiger charge is -2.15. The van der Waals surface area contributed by atoms with Crippen LogP contribution in [0.3, 0.4) is 0 Å². The number of halogens is 1. The molecule has 0 nitrogen and oxygen atoms in total. The largest absolute Gasteiger partial charge is 0.0843 e. The molecular weight excluding hydrogens is 348 g/mol. The SMILES string of the molecule is Clc1ccc(-c2ccccc2-c2cc3ccccc3c3ccccc23)cc1. The van der Waals surface area contributed by atoms with Crippen molar-refractivity contribution in [2.75, 3.05) is 0 Å². The van der Waals surface area contributed by atoms with Gasteiger partial charge >= 0.3 is 0 Å². The van der Waals surface area contributed by atoms with E-state index in [1.165, 1.54) is 43.8 Å². The van der Waals surface area contributed by atoms with Gasteiger partial charge in [-0.25, -0.2) is 0 Å². The van der Waals surface area contributed by atoms with Gasteiger partial charge in [0.2, 0.25) is 0 Å². The molecule has 27 heavy (non-hydrogen) atoms. The van der Waals surface area contributed by atoms with E-state index < -0.39 is 0 Å². The lowest BCUT2D eigenvalue weighted by Crippen LogP contribution is -1.88. The van der Waals surface area contributed by atoms with E-state index in [1.807, 2.05) is 12.1 Å². The van der Waals surface area contributed by atoms with Crippen LogP contribution in [0.2, 0.25) is 5.02 Å². The van der Waals surface area contributed by atoms with Gasteiger partial charge in [-0.05, 0) is 62.0 Å². The molecule has 0 aromatic heterocycles.